The summed E-state index contributed by atoms with van der Waals surface area (Å²) in [5.41, 5.74) is -3.98. The van der Waals surface area contributed by atoms with Crippen LogP contribution in [-0.2, 0) is 6.18 Å². The van der Waals surface area contributed by atoms with Gasteiger partial charge in [-0.3, -0.25) is 14.0 Å². The normalized spacial score (nSPS) is 11.8. The van der Waals surface area contributed by atoms with E-state index in [2.05, 4.69) is 25.6 Å². The first-order valence-electron chi connectivity index (χ1n) is 10.4. The van der Waals surface area contributed by atoms with Crippen LogP contribution in [0.3, 0.4) is 0 Å². The van der Waals surface area contributed by atoms with Crippen molar-refractivity contribution in [2.75, 3.05) is 5.32 Å². The van der Waals surface area contributed by atoms with Crippen LogP contribution in [0, 0.1) is 0 Å². The van der Waals surface area contributed by atoms with Crippen LogP contribution in [0.2, 0.25) is 0 Å². The molecular weight excluding hydrogens is 503 g/mol. The Morgan fingerprint density at radius 3 is 2.43 bits per heavy atom. The molecule has 1 amide bonds. The van der Waals surface area contributed by atoms with Crippen molar-refractivity contribution >= 4 is 17.2 Å². The SMILES string of the molecule is O=C(Nc1ccc(-n2nccn2)c(C(F)F)c1)c1cnn(-c2cccn3c(=O)ccnc23)c1C(F)(F)F. The Kier molecular flexibility index (Phi) is 5.74. The van der Waals surface area contributed by atoms with Crippen LogP contribution >= 0.6 is 0 Å². The first-order chi connectivity index (χ1) is 17.6. The molecule has 5 aromatic rings. The summed E-state index contributed by atoms with van der Waals surface area (Å²) in [6.45, 7) is 0. The van der Waals surface area contributed by atoms with Gasteiger partial charge in [-0.05, 0) is 30.3 Å². The van der Waals surface area contributed by atoms with Crippen molar-refractivity contribution in [2.24, 2.45) is 0 Å². The molecule has 0 radical (unpaired) electrons. The standard InChI is InChI=1S/C22H13F5N8O2/c23-19(24)13-10-12(3-4-15(13)35-29-7-8-30-35)32-21(37)14-11-31-34(18(14)22(25,26)27)16-2-1-9-33-17(36)5-6-28-20(16)33/h1-11,19H,(H,32,37). The van der Waals surface area contributed by atoms with Gasteiger partial charge in [0.15, 0.2) is 11.3 Å². The van der Waals surface area contributed by atoms with Gasteiger partial charge in [0.25, 0.3) is 17.9 Å². The molecule has 0 saturated carbocycles. The summed E-state index contributed by atoms with van der Waals surface area (Å²) in [5.74, 6) is -1.24. The third-order valence-corrected chi connectivity index (χ3v) is 5.26. The summed E-state index contributed by atoms with van der Waals surface area (Å²) in [5, 5.41) is 13.5. The number of benzene rings is 1. The Morgan fingerprint density at radius 2 is 1.73 bits per heavy atom. The highest BCUT2D eigenvalue weighted by atomic mass is 19.4. The largest absolute Gasteiger partial charge is 0.434 e. The Hall–Kier alpha value is -4.95. The van der Waals surface area contributed by atoms with Gasteiger partial charge in [-0.1, -0.05) is 0 Å². The van der Waals surface area contributed by atoms with Crippen molar-refractivity contribution in [3.8, 4) is 11.4 Å². The molecule has 0 aliphatic carbocycles. The van der Waals surface area contributed by atoms with Crippen LogP contribution < -0.4 is 10.9 Å². The van der Waals surface area contributed by atoms with Gasteiger partial charge in [-0.25, -0.2) is 18.4 Å². The van der Waals surface area contributed by atoms with E-state index in [1.54, 1.807) is 0 Å². The molecule has 1 aromatic carbocycles. The van der Waals surface area contributed by atoms with E-state index in [4.69, 9.17) is 0 Å². The average molecular weight is 516 g/mol. The summed E-state index contributed by atoms with van der Waals surface area (Å²) in [6.07, 6.45) is -2.34. The van der Waals surface area contributed by atoms with Crippen molar-refractivity contribution in [1.29, 1.82) is 0 Å². The number of halogens is 5. The van der Waals surface area contributed by atoms with Crippen molar-refractivity contribution in [2.45, 2.75) is 12.6 Å². The molecule has 0 fully saturated rings. The molecule has 0 saturated heterocycles. The van der Waals surface area contributed by atoms with Gasteiger partial charge < -0.3 is 5.32 Å². The van der Waals surface area contributed by atoms with Crippen molar-refractivity contribution < 1.29 is 26.7 Å². The maximum Gasteiger partial charge on any atom is 0.434 e. The lowest BCUT2D eigenvalue weighted by molar-refractivity contribution is -0.143. The molecule has 5 rings (SSSR count). The third-order valence-electron chi connectivity index (χ3n) is 5.26. The molecule has 1 N–H and O–H groups in total. The molecule has 15 heteroatoms. The number of nitrogens with one attached hydrogen (secondary N) is 1. The van der Waals surface area contributed by atoms with Crippen LogP contribution in [0.1, 0.15) is 28.0 Å². The molecule has 0 atom stereocenters. The van der Waals surface area contributed by atoms with Crippen LogP contribution in [0.25, 0.3) is 17.0 Å². The van der Waals surface area contributed by atoms with E-state index in [1.807, 2.05) is 0 Å². The highest BCUT2D eigenvalue weighted by molar-refractivity contribution is 6.05. The number of rotatable bonds is 5. The number of alkyl halides is 5. The molecule has 37 heavy (non-hydrogen) atoms. The molecule has 0 aliphatic heterocycles. The zero-order chi connectivity index (χ0) is 26.3. The fraction of sp³-hybridized carbons (Fsp3) is 0.0909. The highest BCUT2D eigenvalue weighted by Gasteiger charge is 2.41. The van der Waals surface area contributed by atoms with Gasteiger partial charge in [-0.2, -0.15) is 33.3 Å². The van der Waals surface area contributed by atoms with E-state index in [-0.39, 0.29) is 22.7 Å². The van der Waals surface area contributed by atoms with Gasteiger partial charge in [-0.15, -0.1) is 0 Å². The zero-order valence-electron chi connectivity index (χ0n) is 18.3. The summed E-state index contributed by atoms with van der Waals surface area (Å²) in [4.78, 5) is 29.9. The van der Waals surface area contributed by atoms with Gasteiger partial charge in [0.1, 0.15) is 5.69 Å². The molecule has 188 valence electrons. The summed E-state index contributed by atoms with van der Waals surface area (Å²) < 4.78 is 71.2. The number of aromatic nitrogens is 7. The highest BCUT2D eigenvalue weighted by Crippen LogP contribution is 2.35. The van der Waals surface area contributed by atoms with Crippen LogP contribution in [-0.4, -0.2) is 40.1 Å². The third kappa shape index (κ3) is 4.30. The number of amides is 1. The first kappa shape index (κ1) is 23.8. The predicted octanol–water partition coefficient (Wildman–Crippen LogP) is 3.67. The minimum Gasteiger partial charge on any atom is -0.322 e. The minimum atomic E-state index is -5.06. The number of carbonyl (C=O) groups is 1. The number of hydrogen-bond donors (Lipinski definition) is 1. The Balaban J connectivity index is 1.56. The number of hydrogen-bond acceptors (Lipinski definition) is 6. The van der Waals surface area contributed by atoms with Crippen molar-refractivity contribution in [1.82, 2.24) is 34.2 Å². The molecule has 10 nitrogen and oxygen atoms in total. The molecule has 4 aromatic heterocycles. The lowest BCUT2D eigenvalue weighted by atomic mass is 10.1. The van der Waals surface area contributed by atoms with E-state index in [0.717, 1.165) is 27.5 Å². The van der Waals surface area contributed by atoms with Crippen molar-refractivity contribution in [3.05, 3.63) is 94.6 Å². The molecule has 0 spiro atoms. The van der Waals surface area contributed by atoms with Crippen LogP contribution in [0.5, 0.6) is 0 Å². The number of pyridine rings is 1. The molecule has 0 unspecified atom stereocenters. The number of carbonyl (C=O) groups excluding carboxylic acids is 1. The number of fused-ring (bicyclic) bond motifs is 1. The smallest absolute Gasteiger partial charge is 0.322 e. The van der Waals surface area contributed by atoms with E-state index in [0.29, 0.717) is 10.9 Å². The Labute approximate surface area is 202 Å². The summed E-state index contributed by atoms with van der Waals surface area (Å²) >= 11 is 0. The van der Waals surface area contributed by atoms with E-state index < -0.39 is 40.9 Å². The lowest BCUT2D eigenvalue weighted by Crippen LogP contribution is -2.22. The number of anilines is 1. The van der Waals surface area contributed by atoms with Crippen molar-refractivity contribution in [3.63, 3.8) is 0 Å². The van der Waals surface area contributed by atoms with Gasteiger partial charge in [0.2, 0.25) is 0 Å². The van der Waals surface area contributed by atoms with Gasteiger partial charge >= 0.3 is 6.18 Å². The molecule has 4 heterocycles. The zero-order valence-corrected chi connectivity index (χ0v) is 18.3. The second kappa shape index (κ2) is 8.92. The maximum absolute atomic E-state index is 14.1. The summed E-state index contributed by atoms with van der Waals surface area (Å²) in [7, 11) is 0. The summed E-state index contributed by atoms with van der Waals surface area (Å²) in [6, 6.07) is 7.05. The monoisotopic (exact) mass is 516 g/mol. The Bertz CT molecular complexity index is 1670. The lowest BCUT2D eigenvalue weighted by Gasteiger charge is -2.14. The molecular formula is C22H13F5N8O2. The maximum atomic E-state index is 14.1. The van der Waals surface area contributed by atoms with E-state index >= 15 is 0 Å². The second-order valence-corrected chi connectivity index (χ2v) is 7.53. The topological polar surface area (TPSA) is 112 Å². The molecule has 0 bridgehead atoms. The molecule has 0 aliphatic rings. The second-order valence-electron chi connectivity index (χ2n) is 7.53. The Morgan fingerprint density at radius 1 is 0.973 bits per heavy atom. The fourth-order valence-corrected chi connectivity index (χ4v) is 3.71. The van der Waals surface area contributed by atoms with Crippen LogP contribution in [0.4, 0.5) is 27.6 Å². The minimum absolute atomic E-state index is 0.0690. The predicted molar refractivity (Wildman–Crippen MR) is 118 cm³/mol. The van der Waals surface area contributed by atoms with Crippen LogP contribution in [0.15, 0.2) is 72.2 Å². The van der Waals surface area contributed by atoms with E-state index in [9.17, 15) is 31.5 Å². The quantitative estimate of drug-likeness (QED) is 0.357. The van der Waals surface area contributed by atoms with Gasteiger partial charge in [0, 0.05) is 29.7 Å². The number of nitrogens with zero attached hydrogens (tertiary/aromatic N) is 7. The van der Waals surface area contributed by atoms with Gasteiger partial charge in [0.05, 0.1) is 29.8 Å². The van der Waals surface area contributed by atoms with E-state index in [1.165, 1.54) is 42.9 Å². The fourth-order valence-electron chi connectivity index (χ4n) is 3.71. The average Bonchev–Trinajstić information content (AvgIpc) is 3.54. The first-order valence-corrected chi connectivity index (χ1v) is 10.4.